The number of alkyl halides is 3. The second-order valence-electron chi connectivity index (χ2n) is 4.04. The molecule has 104 valence electrons. The van der Waals surface area contributed by atoms with E-state index >= 15 is 0 Å². The number of benzene rings is 2. The van der Waals surface area contributed by atoms with Gasteiger partial charge < -0.3 is 5.32 Å². The first-order valence-corrected chi connectivity index (χ1v) is 5.98. The van der Waals surface area contributed by atoms with Crippen molar-refractivity contribution in [3.05, 3.63) is 64.7 Å². The van der Waals surface area contributed by atoms with Crippen molar-refractivity contribution in [1.29, 1.82) is 0 Å². The number of anilines is 1. The standard InChI is InChI=1S/C14H9ClF3NO/c15-11-5-7-12(8-6-11)19-13(20)9-1-3-10(4-2-9)14(16,17)18/h1-8H,(H,19,20). The molecule has 0 aliphatic rings. The maximum atomic E-state index is 12.4. The summed E-state index contributed by atoms with van der Waals surface area (Å²) in [6, 6.07) is 10.4. The number of hydrogen-bond acceptors (Lipinski definition) is 1. The summed E-state index contributed by atoms with van der Waals surface area (Å²) in [5.41, 5.74) is -0.132. The van der Waals surface area contributed by atoms with Crippen molar-refractivity contribution in [2.75, 3.05) is 5.32 Å². The fraction of sp³-hybridized carbons (Fsp3) is 0.0714. The lowest BCUT2D eigenvalue weighted by Crippen LogP contribution is -2.12. The molecule has 0 saturated heterocycles. The van der Waals surface area contributed by atoms with E-state index in [0.717, 1.165) is 24.3 Å². The van der Waals surface area contributed by atoms with E-state index in [1.54, 1.807) is 24.3 Å². The van der Waals surface area contributed by atoms with Gasteiger partial charge in [-0.1, -0.05) is 11.6 Å². The molecule has 2 nitrogen and oxygen atoms in total. The Morgan fingerprint density at radius 3 is 2.00 bits per heavy atom. The highest BCUT2D eigenvalue weighted by molar-refractivity contribution is 6.30. The van der Waals surface area contributed by atoms with Gasteiger partial charge in [-0.2, -0.15) is 13.2 Å². The Morgan fingerprint density at radius 2 is 1.50 bits per heavy atom. The van der Waals surface area contributed by atoms with Crippen molar-refractivity contribution in [2.24, 2.45) is 0 Å². The summed E-state index contributed by atoms with van der Waals surface area (Å²) in [6.45, 7) is 0. The average molecular weight is 300 g/mol. The monoisotopic (exact) mass is 299 g/mol. The molecule has 0 aromatic heterocycles. The molecule has 0 saturated carbocycles. The molecule has 0 spiro atoms. The molecule has 0 fully saturated rings. The number of carbonyl (C=O) groups excluding carboxylic acids is 1. The van der Waals surface area contributed by atoms with Gasteiger partial charge in [0, 0.05) is 16.3 Å². The zero-order chi connectivity index (χ0) is 14.8. The van der Waals surface area contributed by atoms with Gasteiger partial charge >= 0.3 is 6.18 Å². The van der Waals surface area contributed by atoms with E-state index in [4.69, 9.17) is 11.6 Å². The normalized spacial score (nSPS) is 11.2. The minimum Gasteiger partial charge on any atom is -0.322 e. The molecular weight excluding hydrogens is 291 g/mol. The van der Waals surface area contributed by atoms with Gasteiger partial charge in [-0.15, -0.1) is 0 Å². The molecule has 1 N–H and O–H groups in total. The van der Waals surface area contributed by atoms with Crippen LogP contribution in [0.1, 0.15) is 15.9 Å². The zero-order valence-corrected chi connectivity index (χ0v) is 10.8. The third kappa shape index (κ3) is 3.51. The van der Waals surface area contributed by atoms with Gasteiger partial charge in [-0.05, 0) is 48.5 Å². The van der Waals surface area contributed by atoms with Crippen LogP contribution in [-0.4, -0.2) is 5.91 Å². The molecule has 20 heavy (non-hydrogen) atoms. The van der Waals surface area contributed by atoms with Gasteiger partial charge in [0.25, 0.3) is 5.91 Å². The first kappa shape index (κ1) is 14.4. The Balaban J connectivity index is 2.11. The molecule has 0 unspecified atom stereocenters. The van der Waals surface area contributed by atoms with Crippen molar-refractivity contribution < 1.29 is 18.0 Å². The van der Waals surface area contributed by atoms with Crippen LogP contribution in [0.25, 0.3) is 0 Å². The van der Waals surface area contributed by atoms with Crippen LogP contribution >= 0.6 is 11.6 Å². The first-order valence-electron chi connectivity index (χ1n) is 5.60. The van der Waals surface area contributed by atoms with E-state index in [1.807, 2.05) is 0 Å². The molecule has 1 amide bonds. The molecule has 0 aliphatic heterocycles. The lowest BCUT2D eigenvalue weighted by atomic mass is 10.1. The van der Waals surface area contributed by atoms with E-state index in [0.29, 0.717) is 10.7 Å². The van der Waals surface area contributed by atoms with Crippen LogP contribution in [0.5, 0.6) is 0 Å². The summed E-state index contributed by atoms with van der Waals surface area (Å²) >= 11 is 5.71. The van der Waals surface area contributed by atoms with E-state index in [-0.39, 0.29) is 5.56 Å². The van der Waals surface area contributed by atoms with Crippen LogP contribution in [0.4, 0.5) is 18.9 Å². The Morgan fingerprint density at radius 1 is 0.950 bits per heavy atom. The summed E-state index contributed by atoms with van der Waals surface area (Å²) in [7, 11) is 0. The fourth-order valence-electron chi connectivity index (χ4n) is 1.55. The van der Waals surface area contributed by atoms with Gasteiger partial charge in [0.1, 0.15) is 0 Å². The molecule has 0 aliphatic carbocycles. The second-order valence-corrected chi connectivity index (χ2v) is 4.47. The Hall–Kier alpha value is -2.01. The molecule has 0 heterocycles. The molecular formula is C14H9ClF3NO. The lowest BCUT2D eigenvalue weighted by Gasteiger charge is -2.08. The maximum Gasteiger partial charge on any atom is 0.416 e. The van der Waals surface area contributed by atoms with Crippen LogP contribution in [0.15, 0.2) is 48.5 Å². The predicted octanol–water partition coefficient (Wildman–Crippen LogP) is 4.61. The molecule has 6 heteroatoms. The van der Waals surface area contributed by atoms with Gasteiger partial charge in [0.2, 0.25) is 0 Å². The van der Waals surface area contributed by atoms with E-state index in [9.17, 15) is 18.0 Å². The largest absolute Gasteiger partial charge is 0.416 e. The fourth-order valence-corrected chi connectivity index (χ4v) is 1.67. The molecule has 0 atom stereocenters. The van der Waals surface area contributed by atoms with E-state index in [1.165, 1.54) is 0 Å². The van der Waals surface area contributed by atoms with Crippen LogP contribution in [0, 0.1) is 0 Å². The van der Waals surface area contributed by atoms with Crippen LogP contribution < -0.4 is 5.32 Å². The average Bonchev–Trinajstić information content (AvgIpc) is 2.40. The quantitative estimate of drug-likeness (QED) is 0.862. The number of hydrogen-bond donors (Lipinski definition) is 1. The number of carbonyl (C=O) groups is 1. The Labute approximate surface area is 118 Å². The first-order chi connectivity index (χ1) is 9.36. The van der Waals surface area contributed by atoms with E-state index < -0.39 is 17.6 Å². The van der Waals surface area contributed by atoms with E-state index in [2.05, 4.69) is 5.32 Å². The Bertz CT molecular complexity index is 606. The minimum atomic E-state index is -4.41. The molecule has 0 bridgehead atoms. The van der Waals surface area contributed by atoms with Crippen molar-refractivity contribution in [2.45, 2.75) is 6.18 Å². The van der Waals surface area contributed by atoms with Gasteiger partial charge in [-0.3, -0.25) is 4.79 Å². The highest BCUT2D eigenvalue weighted by Gasteiger charge is 2.30. The molecule has 2 aromatic carbocycles. The van der Waals surface area contributed by atoms with Gasteiger partial charge in [0.05, 0.1) is 5.56 Å². The van der Waals surface area contributed by atoms with Gasteiger partial charge in [0.15, 0.2) is 0 Å². The SMILES string of the molecule is O=C(Nc1ccc(Cl)cc1)c1ccc(C(F)(F)F)cc1. The van der Waals surface area contributed by atoms with Crippen molar-refractivity contribution in [3.63, 3.8) is 0 Å². The summed E-state index contributed by atoms with van der Waals surface area (Å²) in [5.74, 6) is -0.485. The highest BCUT2D eigenvalue weighted by atomic mass is 35.5. The molecule has 0 radical (unpaired) electrons. The smallest absolute Gasteiger partial charge is 0.322 e. The lowest BCUT2D eigenvalue weighted by molar-refractivity contribution is -0.137. The van der Waals surface area contributed by atoms with Crippen molar-refractivity contribution in [1.82, 2.24) is 0 Å². The maximum absolute atomic E-state index is 12.4. The topological polar surface area (TPSA) is 29.1 Å². The predicted molar refractivity (Wildman–Crippen MR) is 70.8 cm³/mol. The number of halogens is 4. The summed E-state index contributed by atoms with van der Waals surface area (Å²) in [6.07, 6.45) is -4.41. The van der Waals surface area contributed by atoms with Gasteiger partial charge in [-0.25, -0.2) is 0 Å². The van der Waals surface area contributed by atoms with Crippen molar-refractivity contribution >= 4 is 23.2 Å². The molecule has 2 rings (SSSR count). The van der Waals surface area contributed by atoms with Crippen LogP contribution in [-0.2, 0) is 6.18 Å². The number of rotatable bonds is 2. The minimum absolute atomic E-state index is 0.146. The number of nitrogens with one attached hydrogen (secondary N) is 1. The Kier molecular flexibility index (Phi) is 3.99. The third-order valence-electron chi connectivity index (χ3n) is 2.58. The summed E-state index contributed by atoms with van der Waals surface area (Å²) in [5, 5.41) is 3.09. The third-order valence-corrected chi connectivity index (χ3v) is 2.83. The van der Waals surface area contributed by atoms with Crippen LogP contribution in [0.3, 0.4) is 0 Å². The number of amides is 1. The molecule has 2 aromatic rings. The summed E-state index contributed by atoms with van der Waals surface area (Å²) in [4.78, 5) is 11.8. The second kappa shape index (κ2) is 5.54. The highest BCUT2D eigenvalue weighted by Crippen LogP contribution is 2.29. The van der Waals surface area contributed by atoms with Crippen LogP contribution in [0.2, 0.25) is 5.02 Å². The zero-order valence-electron chi connectivity index (χ0n) is 10.0. The van der Waals surface area contributed by atoms with Crippen molar-refractivity contribution in [3.8, 4) is 0 Å². The summed E-state index contributed by atoms with van der Waals surface area (Å²) < 4.78 is 37.2.